The number of carbonyl (C=O) groups excluding carboxylic acids is 1. The number of pyridine rings is 1. The molecule has 0 spiro atoms. The van der Waals surface area contributed by atoms with Gasteiger partial charge < -0.3 is 5.73 Å². The van der Waals surface area contributed by atoms with E-state index in [1.54, 1.807) is 18.3 Å². The van der Waals surface area contributed by atoms with Crippen LogP contribution >= 0.6 is 0 Å². The van der Waals surface area contributed by atoms with Crippen molar-refractivity contribution in [1.29, 1.82) is 0 Å². The second kappa shape index (κ2) is 4.57. The van der Waals surface area contributed by atoms with Crippen molar-refractivity contribution < 1.29 is 4.79 Å². The molecule has 0 radical (unpaired) electrons. The van der Waals surface area contributed by atoms with Crippen LogP contribution in [0.25, 0.3) is 0 Å². The molecule has 0 aliphatic heterocycles. The number of hydrogen-bond acceptors (Lipinski definition) is 2. The first-order valence-electron chi connectivity index (χ1n) is 5.04. The second-order valence-corrected chi connectivity index (χ2v) is 3.56. The van der Waals surface area contributed by atoms with Crippen LogP contribution < -0.4 is 5.73 Å². The lowest BCUT2D eigenvalue weighted by Crippen LogP contribution is -2.11. The largest absolute Gasteiger partial charge is 0.366 e. The van der Waals surface area contributed by atoms with Crippen molar-refractivity contribution in [3.63, 3.8) is 0 Å². The molecular formula is C13H12N2O. The van der Waals surface area contributed by atoms with Gasteiger partial charge in [-0.05, 0) is 17.7 Å². The summed E-state index contributed by atoms with van der Waals surface area (Å²) < 4.78 is 0. The summed E-state index contributed by atoms with van der Waals surface area (Å²) in [6, 6.07) is 13.3. The van der Waals surface area contributed by atoms with E-state index in [1.807, 2.05) is 30.3 Å². The van der Waals surface area contributed by atoms with Crippen LogP contribution in [-0.4, -0.2) is 10.9 Å². The molecule has 0 unspecified atom stereocenters. The van der Waals surface area contributed by atoms with E-state index in [4.69, 9.17) is 5.73 Å². The molecule has 0 fully saturated rings. The number of nitrogens with two attached hydrogens (primary N) is 1. The summed E-state index contributed by atoms with van der Waals surface area (Å²) in [5.74, 6) is -0.420. The fourth-order valence-electron chi connectivity index (χ4n) is 1.53. The van der Waals surface area contributed by atoms with E-state index in [0.29, 0.717) is 12.0 Å². The Balaban J connectivity index is 2.22. The molecule has 2 rings (SSSR count). The van der Waals surface area contributed by atoms with Crippen molar-refractivity contribution in [2.24, 2.45) is 5.73 Å². The molecule has 0 aliphatic rings. The van der Waals surface area contributed by atoms with Gasteiger partial charge >= 0.3 is 0 Å². The van der Waals surface area contributed by atoms with Crippen molar-refractivity contribution in [2.75, 3.05) is 0 Å². The van der Waals surface area contributed by atoms with E-state index in [1.165, 1.54) is 0 Å². The molecule has 0 saturated carbocycles. The Hall–Kier alpha value is -2.16. The maximum atomic E-state index is 11.0. The summed E-state index contributed by atoms with van der Waals surface area (Å²) >= 11 is 0. The predicted octanol–water partition coefficient (Wildman–Crippen LogP) is 1.77. The number of amides is 1. The lowest BCUT2D eigenvalue weighted by Gasteiger charge is -2.02. The van der Waals surface area contributed by atoms with Crippen LogP contribution in [0, 0.1) is 0 Å². The fourth-order valence-corrected chi connectivity index (χ4v) is 1.53. The van der Waals surface area contributed by atoms with E-state index in [9.17, 15) is 4.79 Å². The van der Waals surface area contributed by atoms with Crippen molar-refractivity contribution in [3.05, 3.63) is 65.5 Å². The Bertz CT molecular complexity index is 494. The number of hydrogen-bond donors (Lipinski definition) is 1. The zero-order valence-corrected chi connectivity index (χ0v) is 8.76. The Kier molecular flexibility index (Phi) is 2.96. The highest BCUT2D eigenvalue weighted by Crippen LogP contribution is 2.08. The molecule has 3 nitrogen and oxygen atoms in total. The second-order valence-electron chi connectivity index (χ2n) is 3.56. The summed E-state index contributed by atoms with van der Waals surface area (Å²) in [6.07, 6.45) is 2.32. The molecule has 0 aliphatic carbocycles. The van der Waals surface area contributed by atoms with Gasteiger partial charge in [-0.3, -0.25) is 9.78 Å². The van der Waals surface area contributed by atoms with E-state index < -0.39 is 5.91 Å². The lowest BCUT2D eigenvalue weighted by atomic mass is 10.1. The average Bonchev–Trinajstić information content (AvgIpc) is 2.30. The SMILES string of the molecule is NC(=O)c1ccnc(Cc2ccccc2)c1. The Morgan fingerprint density at radius 3 is 2.62 bits per heavy atom. The highest BCUT2D eigenvalue weighted by molar-refractivity contribution is 5.92. The first-order valence-corrected chi connectivity index (χ1v) is 5.04. The maximum Gasteiger partial charge on any atom is 0.248 e. The van der Waals surface area contributed by atoms with Crippen LogP contribution in [0.1, 0.15) is 21.6 Å². The van der Waals surface area contributed by atoms with Crippen LogP contribution in [0.2, 0.25) is 0 Å². The van der Waals surface area contributed by atoms with Gasteiger partial charge in [0.05, 0.1) is 0 Å². The summed E-state index contributed by atoms with van der Waals surface area (Å²) in [6.45, 7) is 0. The van der Waals surface area contributed by atoms with Crippen molar-refractivity contribution in [3.8, 4) is 0 Å². The molecule has 2 aromatic rings. The summed E-state index contributed by atoms with van der Waals surface area (Å²) in [5, 5.41) is 0. The van der Waals surface area contributed by atoms with Gasteiger partial charge in [-0.1, -0.05) is 30.3 Å². The van der Waals surface area contributed by atoms with E-state index in [2.05, 4.69) is 4.98 Å². The Morgan fingerprint density at radius 1 is 1.19 bits per heavy atom. The van der Waals surface area contributed by atoms with Crippen molar-refractivity contribution in [2.45, 2.75) is 6.42 Å². The third-order valence-corrected chi connectivity index (χ3v) is 2.33. The van der Waals surface area contributed by atoms with Gasteiger partial charge in [0.25, 0.3) is 0 Å². The minimum Gasteiger partial charge on any atom is -0.366 e. The van der Waals surface area contributed by atoms with Gasteiger partial charge in [-0.25, -0.2) is 0 Å². The standard InChI is InChI=1S/C13H12N2O/c14-13(16)11-6-7-15-12(9-11)8-10-4-2-1-3-5-10/h1-7,9H,8H2,(H2,14,16). The maximum absolute atomic E-state index is 11.0. The fraction of sp³-hybridized carbons (Fsp3) is 0.0769. The van der Waals surface area contributed by atoms with Gasteiger partial charge in [-0.2, -0.15) is 0 Å². The van der Waals surface area contributed by atoms with Crippen LogP contribution in [0.4, 0.5) is 0 Å². The zero-order valence-electron chi connectivity index (χ0n) is 8.76. The molecule has 16 heavy (non-hydrogen) atoms. The molecule has 1 amide bonds. The molecule has 0 saturated heterocycles. The summed E-state index contributed by atoms with van der Waals surface area (Å²) in [7, 11) is 0. The number of primary amides is 1. The first-order chi connectivity index (χ1) is 7.75. The predicted molar refractivity (Wildman–Crippen MR) is 62.0 cm³/mol. The van der Waals surface area contributed by atoms with E-state index in [-0.39, 0.29) is 0 Å². The number of rotatable bonds is 3. The number of nitrogens with zero attached hydrogens (tertiary/aromatic N) is 1. The Labute approximate surface area is 93.9 Å². The van der Waals surface area contributed by atoms with E-state index in [0.717, 1.165) is 11.3 Å². The Morgan fingerprint density at radius 2 is 1.94 bits per heavy atom. The normalized spacial score (nSPS) is 10.0. The lowest BCUT2D eigenvalue weighted by molar-refractivity contribution is 0.1000. The summed E-state index contributed by atoms with van der Waals surface area (Å²) in [5.41, 5.74) is 7.72. The van der Waals surface area contributed by atoms with Crippen LogP contribution in [0.5, 0.6) is 0 Å². The molecule has 1 aromatic carbocycles. The van der Waals surface area contributed by atoms with Crippen LogP contribution in [0.15, 0.2) is 48.7 Å². The number of carbonyl (C=O) groups is 1. The molecule has 1 heterocycles. The minimum atomic E-state index is -0.420. The van der Waals surface area contributed by atoms with Gasteiger partial charge in [-0.15, -0.1) is 0 Å². The third kappa shape index (κ3) is 2.45. The third-order valence-electron chi connectivity index (χ3n) is 2.33. The number of benzene rings is 1. The van der Waals surface area contributed by atoms with Crippen LogP contribution in [-0.2, 0) is 6.42 Å². The minimum absolute atomic E-state index is 0.420. The smallest absolute Gasteiger partial charge is 0.248 e. The molecule has 0 bridgehead atoms. The highest BCUT2D eigenvalue weighted by Gasteiger charge is 2.02. The van der Waals surface area contributed by atoms with E-state index >= 15 is 0 Å². The monoisotopic (exact) mass is 212 g/mol. The quantitative estimate of drug-likeness (QED) is 0.843. The first kappa shape index (κ1) is 10.4. The molecular weight excluding hydrogens is 200 g/mol. The van der Waals surface area contributed by atoms with Crippen molar-refractivity contribution >= 4 is 5.91 Å². The molecule has 2 N–H and O–H groups in total. The van der Waals surface area contributed by atoms with Gasteiger partial charge in [0, 0.05) is 23.9 Å². The summed E-state index contributed by atoms with van der Waals surface area (Å²) in [4.78, 5) is 15.2. The van der Waals surface area contributed by atoms with Gasteiger partial charge in [0.1, 0.15) is 0 Å². The zero-order chi connectivity index (χ0) is 11.4. The molecule has 80 valence electrons. The van der Waals surface area contributed by atoms with Gasteiger partial charge in [0.2, 0.25) is 5.91 Å². The van der Waals surface area contributed by atoms with Crippen LogP contribution in [0.3, 0.4) is 0 Å². The molecule has 1 aromatic heterocycles. The van der Waals surface area contributed by atoms with Crippen molar-refractivity contribution in [1.82, 2.24) is 4.98 Å². The molecule has 0 atom stereocenters. The number of aromatic nitrogens is 1. The molecule has 3 heteroatoms. The van der Waals surface area contributed by atoms with Gasteiger partial charge in [0.15, 0.2) is 0 Å². The highest BCUT2D eigenvalue weighted by atomic mass is 16.1. The topological polar surface area (TPSA) is 56.0 Å². The average molecular weight is 212 g/mol.